The van der Waals surface area contributed by atoms with Gasteiger partial charge < -0.3 is 5.32 Å². The third kappa shape index (κ3) is 3.41. The minimum Gasteiger partial charge on any atom is -0.383 e. The van der Waals surface area contributed by atoms with Crippen molar-refractivity contribution in [2.45, 2.75) is 13.5 Å². The molecule has 0 aliphatic rings. The number of hydrogen-bond donors (Lipinski definition) is 1. The second kappa shape index (κ2) is 5.97. The number of nitrogens with zero attached hydrogens (tertiary/aromatic N) is 2. The summed E-state index contributed by atoms with van der Waals surface area (Å²) in [7, 11) is 0. The van der Waals surface area contributed by atoms with Gasteiger partial charge in [0.2, 0.25) is 0 Å². The molecule has 0 aliphatic heterocycles. The summed E-state index contributed by atoms with van der Waals surface area (Å²) >= 11 is 3.22. The maximum atomic E-state index is 12.7. The zero-order valence-electron chi connectivity index (χ0n) is 10.4. The van der Waals surface area contributed by atoms with Crippen molar-refractivity contribution in [3.8, 4) is 0 Å². The molecule has 1 N–H and O–H groups in total. The van der Waals surface area contributed by atoms with Gasteiger partial charge in [-0.15, -0.1) is 0 Å². The quantitative estimate of drug-likeness (QED) is 0.939. The van der Waals surface area contributed by atoms with Gasteiger partial charge in [0, 0.05) is 18.8 Å². The minimum absolute atomic E-state index is 0.103. The summed E-state index contributed by atoms with van der Waals surface area (Å²) in [6.07, 6.45) is 1.52. The van der Waals surface area contributed by atoms with E-state index in [4.69, 9.17) is 0 Å². The Morgan fingerprint density at radius 3 is 2.74 bits per heavy atom. The standard InChI is InChI=1S/C13H13BrFN3O/c1-9-12(14)13(19)18(8-17-9)7-6-16-11-4-2-10(15)3-5-11/h2-5,8,16H,6-7H2,1H3. The molecule has 0 bridgehead atoms. The van der Waals surface area contributed by atoms with Crippen molar-refractivity contribution >= 4 is 21.6 Å². The van der Waals surface area contributed by atoms with E-state index in [0.717, 1.165) is 5.69 Å². The number of aryl methyl sites for hydroxylation is 1. The van der Waals surface area contributed by atoms with E-state index in [0.29, 0.717) is 23.3 Å². The monoisotopic (exact) mass is 325 g/mol. The Labute approximate surface area is 118 Å². The number of aromatic nitrogens is 2. The molecule has 1 aromatic carbocycles. The minimum atomic E-state index is -0.270. The van der Waals surface area contributed by atoms with Crippen LogP contribution < -0.4 is 10.9 Å². The van der Waals surface area contributed by atoms with Crippen LogP contribution in [-0.2, 0) is 6.54 Å². The van der Waals surface area contributed by atoms with E-state index in [1.807, 2.05) is 0 Å². The first-order valence-electron chi connectivity index (χ1n) is 5.79. The van der Waals surface area contributed by atoms with Crippen molar-refractivity contribution in [3.05, 3.63) is 56.9 Å². The maximum absolute atomic E-state index is 12.7. The summed E-state index contributed by atoms with van der Waals surface area (Å²) in [5.74, 6) is -0.270. The van der Waals surface area contributed by atoms with Crippen molar-refractivity contribution in [3.63, 3.8) is 0 Å². The van der Waals surface area contributed by atoms with Gasteiger partial charge in [-0.1, -0.05) is 0 Å². The number of halogens is 2. The lowest BCUT2D eigenvalue weighted by Gasteiger charge is -2.09. The lowest BCUT2D eigenvalue weighted by Crippen LogP contribution is -2.25. The Balaban J connectivity index is 1.98. The van der Waals surface area contributed by atoms with E-state index >= 15 is 0 Å². The van der Waals surface area contributed by atoms with E-state index in [9.17, 15) is 9.18 Å². The fraction of sp³-hybridized carbons (Fsp3) is 0.231. The molecule has 0 amide bonds. The SMILES string of the molecule is Cc1ncn(CCNc2ccc(F)cc2)c(=O)c1Br. The molecule has 0 fully saturated rings. The van der Waals surface area contributed by atoms with Crippen LogP contribution in [0.4, 0.5) is 10.1 Å². The summed E-state index contributed by atoms with van der Waals surface area (Å²) in [6, 6.07) is 6.08. The normalized spacial score (nSPS) is 10.5. The molecule has 0 aliphatic carbocycles. The van der Waals surface area contributed by atoms with Crippen molar-refractivity contribution in [1.29, 1.82) is 0 Å². The first-order valence-corrected chi connectivity index (χ1v) is 6.58. The molecule has 1 aromatic heterocycles. The molecule has 2 rings (SSSR count). The second-order valence-corrected chi connectivity index (χ2v) is 4.87. The highest BCUT2D eigenvalue weighted by atomic mass is 79.9. The van der Waals surface area contributed by atoms with Crippen LogP contribution in [0.1, 0.15) is 5.69 Å². The van der Waals surface area contributed by atoms with E-state index in [2.05, 4.69) is 26.2 Å². The van der Waals surface area contributed by atoms with Crippen LogP contribution in [0.3, 0.4) is 0 Å². The molecule has 1 heterocycles. The average molecular weight is 326 g/mol. The van der Waals surface area contributed by atoms with Crippen LogP contribution in [0.2, 0.25) is 0 Å². The fourth-order valence-corrected chi connectivity index (χ4v) is 1.92. The Kier molecular flexibility index (Phi) is 4.31. The third-order valence-corrected chi connectivity index (χ3v) is 3.60. The molecule has 0 unspecified atom stereocenters. The lowest BCUT2D eigenvalue weighted by atomic mass is 10.3. The Bertz CT molecular complexity index is 625. The molecule has 0 spiro atoms. The van der Waals surface area contributed by atoms with Crippen LogP contribution in [0.15, 0.2) is 39.9 Å². The maximum Gasteiger partial charge on any atom is 0.267 e. The van der Waals surface area contributed by atoms with Gasteiger partial charge in [-0.25, -0.2) is 9.37 Å². The first kappa shape index (κ1) is 13.7. The molecule has 19 heavy (non-hydrogen) atoms. The van der Waals surface area contributed by atoms with Gasteiger partial charge in [0.1, 0.15) is 10.3 Å². The second-order valence-electron chi connectivity index (χ2n) is 4.08. The van der Waals surface area contributed by atoms with Crippen molar-refractivity contribution in [1.82, 2.24) is 9.55 Å². The van der Waals surface area contributed by atoms with Gasteiger partial charge in [0.15, 0.2) is 0 Å². The predicted octanol–water partition coefficient (Wildman–Crippen LogP) is 2.57. The summed E-state index contributed by atoms with van der Waals surface area (Å²) < 4.78 is 14.7. The van der Waals surface area contributed by atoms with E-state index in [-0.39, 0.29) is 11.4 Å². The molecular formula is C13H13BrFN3O. The molecular weight excluding hydrogens is 313 g/mol. The highest BCUT2D eigenvalue weighted by molar-refractivity contribution is 9.10. The Morgan fingerprint density at radius 2 is 2.05 bits per heavy atom. The van der Waals surface area contributed by atoms with Crippen molar-refractivity contribution in [2.75, 3.05) is 11.9 Å². The highest BCUT2D eigenvalue weighted by Gasteiger charge is 2.04. The van der Waals surface area contributed by atoms with Crippen LogP contribution in [0.5, 0.6) is 0 Å². The summed E-state index contributed by atoms with van der Waals surface area (Å²) in [5, 5.41) is 3.11. The molecule has 2 aromatic rings. The van der Waals surface area contributed by atoms with Crippen LogP contribution in [0.25, 0.3) is 0 Å². The Morgan fingerprint density at radius 1 is 1.37 bits per heavy atom. The van der Waals surface area contributed by atoms with Gasteiger partial charge in [-0.05, 0) is 47.1 Å². The molecule has 0 saturated carbocycles. The molecule has 6 heteroatoms. The predicted molar refractivity (Wildman–Crippen MR) is 75.8 cm³/mol. The highest BCUT2D eigenvalue weighted by Crippen LogP contribution is 2.08. The fourth-order valence-electron chi connectivity index (χ4n) is 1.59. The third-order valence-electron chi connectivity index (χ3n) is 2.68. The number of anilines is 1. The summed E-state index contributed by atoms with van der Waals surface area (Å²) in [5.41, 5.74) is 1.38. The van der Waals surface area contributed by atoms with Crippen LogP contribution in [0, 0.1) is 12.7 Å². The number of hydrogen-bond acceptors (Lipinski definition) is 3. The van der Waals surface area contributed by atoms with E-state index < -0.39 is 0 Å². The Hall–Kier alpha value is -1.69. The van der Waals surface area contributed by atoms with E-state index in [1.165, 1.54) is 23.0 Å². The molecule has 0 atom stereocenters. The largest absolute Gasteiger partial charge is 0.383 e. The van der Waals surface area contributed by atoms with Gasteiger partial charge >= 0.3 is 0 Å². The van der Waals surface area contributed by atoms with Gasteiger partial charge in [0.25, 0.3) is 5.56 Å². The van der Waals surface area contributed by atoms with Crippen molar-refractivity contribution < 1.29 is 4.39 Å². The molecule has 0 radical (unpaired) electrons. The number of benzene rings is 1. The topological polar surface area (TPSA) is 46.9 Å². The molecule has 100 valence electrons. The average Bonchev–Trinajstić information content (AvgIpc) is 2.41. The number of nitrogens with one attached hydrogen (secondary N) is 1. The zero-order chi connectivity index (χ0) is 13.8. The van der Waals surface area contributed by atoms with Crippen molar-refractivity contribution in [2.24, 2.45) is 0 Å². The van der Waals surface area contributed by atoms with E-state index in [1.54, 1.807) is 19.1 Å². The lowest BCUT2D eigenvalue weighted by molar-refractivity contribution is 0.628. The van der Waals surface area contributed by atoms with Gasteiger partial charge in [-0.2, -0.15) is 0 Å². The summed E-state index contributed by atoms with van der Waals surface area (Å²) in [4.78, 5) is 16.0. The van der Waals surface area contributed by atoms with Crippen LogP contribution >= 0.6 is 15.9 Å². The summed E-state index contributed by atoms with van der Waals surface area (Å²) in [6.45, 7) is 2.82. The number of rotatable bonds is 4. The first-order chi connectivity index (χ1) is 9.08. The van der Waals surface area contributed by atoms with Gasteiger partial charge in [0.05, 0.1) is 12.0 Å². The zero-order valence-corrected chi connectivity index (χ0v) is 11.9. The van der Waals surface area contributed by atoms with Gasteiger partial charge in [-0.3, -0.25) is 9.36 Å². The smallest absolute Gasteiger partial charge is 0.267 e. The van der Waals surface area contributed by atoms with Crippen LogP contribution in [-0.4, -0.2) is 16.1 Å². The molecule has 0 saturated heterocycles. The molecule has 4 nitrogen and oxygen atoms in total.